The molecular formula is C30H25N7O2S. The predicted molar refractivity (Wildman–Crippen MR) is 154 cm³/mol. The highest BCUT2D eigenvalue weighted by atomic mass is 32.1. The molecule has 2 N–H and O–H groups in total. The van der Waals surface area contributed by atoms with Crippen molar-refractivity contribution in [2.24, 2.45) is 0 Å². The summed E-state index contributed by atoms with van der Waals surface area (Å²) < 4.78 is 7.80. The van der Waals surface area contributed by atoms with Gasteiger partial charge in [0.25, 0.3) is 0 Å². The van der Waals surface area contributed by atoms with Gasteiger partial charge in [0, 0.05) is 29.6 Å². The number of carbonyl (C=O) groups is 1. The highest BCUT2D eigenvalue weighted by Gasteiger charge is 2.28. The van der Waals surface area contributed by atoms with Crippen LogP contribution in [0.1, 0.15) is 23.8 Å². The first-order chi connectivity index (χ1) is 19.6. The molecule has 1 atom stereocenters. The zero-order valence-corrected chi connectivity index (χ0v) is 22.3. The van der Waals surface area contributed by atoms with Crippen LogP contribution in [0, 0.1) is 11.3 Å². The van der Waals surface area contributed by atoms with Crippen molar-refractivity contribution in [2.75, 3.05) is 18.8 Å². The summed E-state index contributed by atoms with van der Waals surface area (Å²) in [5, 5.41) is 17.1. The van der Waals surface area contributed by atoms with Crippen LogP contribution in [-0.2, 0) is 4.79 Å². The fraction of sp³-hybridized carbons (Fsp3) is 0.167. The first kappa shape index (κ1) is 25.3. The Kier molecular flexibility index (Phi) is 6.95. The van der Waals surface area contributed by atoms with Crippen molar-refractivity contribution in [3.8, 4) is 28.8 Å². The number of likely N-dealkylation sites (tertiary alicyclic amines) is 1. The number of thiophene rings is 1. The van der Waals surface area contributed by atoms with Crippen molar-refractivity contribution in [3.63, 3.8) is 0 Å². The van der Waals surface area contributed by atoms with Crippen molar-refractivity contribution in [2.45, 2.75) is 18.9 Å². The number of hydrogen-bond donors (Lipinski definition) is 1. The number of fused-ring (bicyclic) bond motifs is 1. The monoisotopic (exact) mass is 547 g/mol. The number of aromatic nitrogens is 4. The summed E-state index contributed by atoms with van der Waals surface area (Å²) >= 11 is 1.44. The third-order valence-corrected chi connectivity index (χ3v) is 7.76. The van der Waals surface area contributed by atoms with Gasteiger partial charge in [-0.05, 0) is 60.7 Å². The number of para-hydroxylation sites is 1. The van der Waals surface area contributed by atoms with Crippen LogP contribution in [0.3, 0.4) is 0 Å². The number of nitriles is 1. The Morgan fingerprint density at radius 2 is 1.88 bits per heavy atom. The molecule has 0 aliphatic carbocycles. The third kappa shape index (κ3) is 5.02. The first-order valence-corrected chi connectivity index (χ1v) is 13.8. The van der Waals surface area contributed by atoms with Crippen LogP contribution in [-0.4, -0.2) is 43.6 Å². The highest BCUT2D eigenvalue weighted by molar-refractivity contribution is 7.11. The molecule has 0 saturated carbocycles. The van der Waals surface area contributed by atoms with Gasteiger partial charge >= 0.3 is 0 Å². The Balaban J connectivity index is 1.29. The topological polar surface area (TPSA) is 123 Å². The lowest BCUT2D eigenvalue weighted by atomic mass is 10.1. The summed E-state index contributed by atoms with van der Waals surface area (Å²) in [4.78, 5) is 24.5. The SMILES string of the molecule is N#CC(=CC(=O)N1CCCC(n2nc(-c3ccc(Oc4ccccc4)cc3)c3c(N)ncnc32)C1)c1cccs1. The van der Waals surface area contributed by atoms with Gasteiger partial charge < -0.3 is 15.4 Å². The van der Waals surface area contributed by atoms with Crippen LogP contribution in [0.2, 0.25) is 0 Å². The summed E-state index contributed by atoms with van der Waals surface area (Å²) in [6.45, 7) is 1.06. The maximum Gasteiger partial charge on any atom is 0.248 e. The molecule has 1 aliphatic rings. The lowest BCUT2D eigenvalue weighted by molar-refractivity contribution is -0.127. The number of allylic oxidation sites excluding steroid dienone is 1. The zero-order valence-electron chi connectivity index (χ0n) is 21.5. The van der Waals surface area contributed by atoms with Gasteiger partial charge in [-0.2, -0.15) is 10.4 Å². The minimum atomic E-state index is -0.186. The second-order valence-corrected chi connectivity index (χ2v) is 10.4. The molecule has 1 fully saturated rings. The second-order valence-electron chi connectivity index (χ2n) is 9.42. The molecule has 0 spiro atoms. The number of benzene rings is 2. The molecule has 198 valence electrons. The van der Waals surface area contributed by atoms with E-state index >= 15 is 0 Å². The Labute approximate surface area is 234 Å². The Hall–Kier alpha value is -5.01. The molecular weight excluding hydrogens is 522 g/mol. The molecule has 1 unspecified atom stereocenters. The quantitative estimate of drug-likeness (QED) is 0.214. The van der Waals surface area contributed by atoms with Gasteiger partial charge in [0.2, 0.25) is 5.91 Å². The maximum atomic E-state index is 13.2. The number of amides is 1. The minimum absolute atomic E-state index is 0.107. The van der Waals surface area contributed by atoms with E-state index < -0.39 is 0 Å². The van der Waals surface area contributed by atoms with Crippen LogP contribution >= 0.6 is 11.3 Å². The van der Waals surface area contributed by atoms with E-state index in [1.165, 1.54) is 23.7 Å². The van der Waals surface area contributed by atoms with Crippen LogP contribution in [0.4, 0.5) is 5.82 Å². The zero-order chi connectivity index (χ0) is 27.5. The third-order valence-electron chi connectivity index (χ3n) is 6.85. The molecule has 3 aromatic heterocycles. The Morgan fingerprint density at radius 3 is 2.62 bits per heavy atom. The standard InChI is InChI=1S/C30H25N7O2S/c31-17-21(25-9-5-15-40-25)16-26(38)36-14-4-6-22(18-36)37-30-27(29(32)33-19-34-30)28(35-37)20-10-12-24(13-11-20)39-23-7-2-1-3-8-23/h1-3,5,7-13,15-16,19,22H,4,6,14,18H2,(H2,32,33,34). The van der Waals surface area contributed by atoms with Crippen molar-refractivity contribution < 1.29 is 9.53 Å². The molecule has 1 amide bonds. The summed E-state index contributed by atoms with van der Waals surface area (Å²) in [6.07, 6.45) is 4.49. The Bertz CT molecular complexity index is 1720. The van der Waals surface area contributed by atoms with E-state index in [2.05, 4.69) is 16.0 Å². The number of rotatable bonds is 6. The molecule has 2 aromatic carbocycles. The van der Waals surface area contributed by atoms with E-state index in [-0.39, 0.29) is 11.9 Å². The number of anilines is 1. The molecule has 0 radical (unpaired) electrons. The number of nitrogens with two attached hydrogens (primary N) is 1. The summed E-state index contributed by atoms with van der Waals surface area (Å²) in [5.74, 6) is 1.62. The Morgan fingerprint density at radius 1 is 1.07 bits per heavy atom. The molecule has 40 heavy (non-hydrogen) atoms. The average molecular weight is 548 g/mol. The number of piperidine rings is 1. The van der Waals surface area contributed by atoms with E-state index in [1.807, 2.05) is 76.8 Å². The second kappa shape index (κ2) is 11.0. The highest BCUT2D eigenvalue weighted by Crippen LogP contribution is 2.35. The number of nitrogens with zero attached hydrogens (tertiary/aromatic N) is 6. The van der Waals surface area contributed by atoms with Crippen LogP contribution < -0.4 is 10.5 Å². The van der Waals surface area contributed by atoms with Crippen molar-refractivity contribution >= 4 is 39.7 Å². The molecule has 10 heteroatoms. The van der Waals surface area contributed by atoms with E-state index in [1.54, 1.807) is 4.90 Å². The molecule has 1 saturated heterocycles. The molecule has 9 nitrogen and oxygen atoms in total. The van der Waals surface area contributed by atoms with E-state index in [4.69, 9.17) is 15.6 Å². The summed E-state index contributed by atoms with van der Waals surface area (Å²) in [5.41, 5.74) is 8.85. The number of carbonyl (C=O) groups excluding carboxylic acids is 1. The lowest BCUT2D eigenvalue weighted by Crippen LogP contribution is -2.40. The van der Waals surface area contributed by atoms with Gasteiger partial charge in [0.1, 0.15) is 35.4 Å². The molecule has 1 aliphatic heterocycles. The number of hydrogen-bond acceptors (Lipinski definition) is 8. The lowest BCUT2D eigenvalue weighted by Gasteiger charge is -2.32. The summed E-state index contributed by atoms with van der Waals surface area (Å²) in [7, 11) is 0. The maximum absolute atomic E-state index is 13.2. The molecule has 4 heterocycles. The largest absolute Gasteiger partial charge is 0.457 e. The molecule has 5 aromatic rings. The fourth-order valence-corrected chi connectivity index (χ4v) is 5.61. The van der Waals surface area contributed by atoms with E-state index in [9.17, 15) is 10.1 Å². The van der Waals surface area contributed by atoms with Crippen LogP contribution in [0.25, 0.3) is 27.9 Å². The molecule has 6 rings (SSSR count). The van der Waals surface area contributed by atoms with Gasteiger partial charge in [0.15, 0.2) is 5.65 Å². The summed E-state index contributed by atoms with van der Waals surface area (Å²) in [6, 6.07) is 23.0. The number of nitrogen functional groups attached to an aromatic ring is 1. The van der Waals surface area contributed by atoms with Gasteiger partial charge in [0.05, 0.1) is 17.0 Å². The minimum Gasteiger partial charge on any atom is -0.457 e. The first-order valence-electron chi connectivity index (χ1n) is 12.9. The normalized spacial score (nSPS) is 15.6. The predicted octanol–water partition coefficient (Wildman–Crippen LogP) is 5.70. The van der Waals surface area contributed by atoms with E-state index in [0.717, 1.165) is 29.0 Å². The van der Waals surface area contributed by atoms with Crippen LogP contribution in [0.15, 0.2) is 84.5 Å². The van der Waals surface area contributed by atoms with Crippen LogP contribution in [0.5, 0.6) is 11.5 Å². The smallest absolute Gasteiger partial charge is 0.248 e. The van der Waals surface area contributed by atoms with Gasteiger partial charge in [-0.15, -0.1) is 11.3 Å². The molecule has 0 bridgehead atoms. The van der Waals surface area contributed by atoms with Gasteiger partial charge in [-0.25, -0.2) is 14.6 Å². The van der Waals surface area contributed by atoms with E-state index in [0.29, 0.717) is 47.0 Å². The average Bonchev–Trinajstić information content (AvgIpc) is 3.66. The van der Waals surface area contributed by atoms with Gasteiger partial charge in [-0.1, -0.05) is 24.3 Å². The van der Waals surface area contributed by atoms with Crippen molar-refractivity contribution in [3.05, 3.63) is 89.4 Å². The number of ether oxygens (including phenoxy) is 1. The van der Waals surface area contributed by atoms with Gasteiger partial charge in [-0.3, -0.25) is 4.79 Å². The van der Waals surface area contributed by atoms with Crippen molar-refractivity contribution in [1.29, 1.82) is 5.26 Å². The van der Waals surface area contributed by atoms with Crippen molar-refractivity contribution in [1.82, 2.24) is 24.6 Å². The fourth-order valence-electron chi connectivity index (χ4n) is 4.92.